The Hall–Kier alpha value is -3.53. The van der Waals surface area contributed by atoms with E-state index in [2.05, 4.69) is 20.2 Å². The lowest BCUT2D eigenvalue weighted by Gasteiger charge is -2.26. The molecule has 9 heteroatoms. The number of carbonyl (C=O) groups excluding carboxylic acids is 1. The second-order valence-corrected chi connectivity index (χ2v) is 9.79. The molecular weight excluding hydrogens is 476 g/mol. The topological polar surface area (TPSA) is 89.7 Å². The molecule has 3 aromatic carbocycles. The summed E-state index contributed by atoms with van der Waals surface area (Å²) < 4.78 is 17.8. The zero-order valence-electron chi connectivity index (χ0n) is 19.7. The van der Waals surface area contributed by atoms with E-state index in [4.69, 9.17) is 13.9 Å². The van der Waals surface area contributed by atoms with Crippen molar-refractivity contribution in [3.8, 4) is 5.75 Å². The van der Waals surface area contributed by atoms with Crippen LogP contribution in [0.3, 0.4) is 0 Å². The van der Waals surface area contributed by atoms with Gasteiger partial charge in [-0.3, -0.25) is 15.0 Å². The first-order valence-corrected chi connectivity index (χ1v) is 13.0. The summed E-state index contributed by atoms with van der Waals surface area (Å²) >= 11 is 1.38. The smallest absolute Gasteiger partial charge is 0.261 e. The molecule has 0 atom stereocenters. The molecule has 8 nitrogen and oxygen atoms in total. The van der Waals surface area contributed by atoms with Crippen LogP contribution in [0.1, 0.15) is 23.2 Å². The highest BCUT2D eigenvalue weighted by Gasteiger charge is 2.18. The number of thiazole rings is 1. The second-order valence-electron chi connectivity index (χ2n) is 8.79. The number of oxazole rings is 1. The van der Waals surface area contributed by atoms with Crippen molar-refractivity contribution in [2.24, 2.45) is 0 Å². The van der Waals surface area contributed by atoms with Gasteiger partial charge in [-0.25, -0.2) is 9.97 Å². The summed E-state index contributed by atoms with van der Waals surface area (Å²) in [5.74, 6) is 0.331. The maximum absolute atomic E-state index is 13.4. The van der Waals surface area contributed by atoms with Crippen LogP contribution in [0.25, 0.3) is 32.1 Å². The Kier molecular flexibility index (Phi) is 6.50. The molecule has 36 heavy (non-hydrogen) atoms. The number of hydrogen-bond acceptors (Lipinski definition) is 8. The predicted octanol–water partition coefficient (Wildman–Crippen LogP) is 5.33. The molecule has 1 fully saturated rings. The number of benzene rings is 3. The Morgan fingerprint density at radius 2 is 1.92 bits per heavy atom. The van der Waals surface area contributed by atoms with E-state index in [-0.39, 0.29) is 5.91 Å². The van der Waals surface area contributed by atoms with Crippen molar-refractivity contribution in [3.63, 3.8) is 0 Å². The van der Waals surface area contributed by atoms with Crippen molar-refractivity contribution in [1.82, 2.24) is 14.9 Å². The van der Waals surface area contributed by atoms with Crippen molar-refractivity contribution >= 4 is 54.5 Å². The van der Waals surface area contributed by atoms with Crippen LogP contribution in [-0.4, -0.2) is 60.2 Å². The lowest BCUT2D eigenvalue weighted by Crippen LogP contribution is -2.36. The first-order valence-electron chi connectivity index (χ1n) is 12.1. The molecule has 0 bridgehead atoms. The summed E-state index contributed by atoms with van der Waals surface area (Å²) in [4.78, 5) is 24.7. The fourth-order valence-electron chi connectivity index (χ4n) is 4.49. The highest BCUT2D eigenvalue weighted by Crippen LogP contribution is 2.33. The number of ether oxygens (including phenoxy) is 2. The first kappa shape index (κ1) is 22.9. The lowest BCUT2D eigenvalue weighted by molar-refractivity contribution is 0.0368. The van der Waals surface area contributed by atoms with Gasteiger partial charge >= 0.3 is 0 Å². The third-order valence-corrected chi connectivity index (χ3v) is 7.39. The largest absolute Gasteiger partial charge is 0.493 e. The van der Waals surface area contributed by atoms with Gasteiger partial charge in [-0.15, -0.1) is 0 Å². The average Bonchev–Trinajstić information content (AvgIpc) is 3.55. The monoisotopic (exact) mass is 502 g/mol. The van der Waals surface area contributed by atoms with Crippen molar-refractivity contribution in [2.45, 2.75) is 12.8 Å². The van der Waals surface area contributed by atoms with E-state index < -0.39 is 0 Å². The maximum Gasteiger partial charge on any atom is 0.261 e. The molecule has 1 N–H and O–H groups in total. The average molecular weight is 503 g/mol. The van der Waals surface area contributed by atoms with E-state index in [1.807, 2.05) is 48.5 Å². The van der Waals surface area contributed by atoms with E-state index in [0.717, 1.165) is 72.2 Å². The van der Waals surface area contributed by atoms with E-state index in [1.54, 1.807) is 0 Å². The predicted molar refractivity (Wildman–Crippen MR) is 141 cm³/mol. The molecule has 0 unspecified atom stereocenters. The number of morpholine rings is 1. The minimum absolute atomic E-state index is 0.250. The Morgan fingerprint density at radius 3 is 2.78 bits per heavy atom. The molecule has 2 aromatic heterocycles. The molecule has 5 aromatic rings. The number of nitrogens with one attached hydrogen (secondary N) is 1. The molecule has 1 saturated heterocycles. The van der Waals surface area contributed by atoms with Gasteiger partial charge in [0.1, 0.15) is 11.3 Å². The van der Waals surface area contributed by atoms with Crippen LogP contribution in [0.5, 0.6) is 5.75 Å². The summed E-state index contributed by atoms with van der Waals surface area (Å²) in [6.07, 6.45) is 3.37. The molecule has 0 radical (unpaired) electrons. The van der Waals surface area contributed by atoms with Crippen molar-refractivity contribution in [1.29, 1.82) is 0 Å². The zero-order chi connectivity index (χ0) is 24.3. The van der Waals surface area contributed by atoms with Crippen LogP contribution < -0.4 is 10.1 Å². The summed E-state index contributed by atoms with van der Waals surface area (Å²) in [6, 6.07) is 15.5. The van der Waals surface area contributed by atoms with Crippen LogP contribution in [0.15, 0.2) is 59.3 Å². The van der Waals surface area contributed by atoms with Crippen LogP contribution in [0.4, 0.5) is 5.13 Å². The molecule has 1 aliphatic heterocycles. The van der Waals surface area contributed by atoms with Gasteiger partial charge in [-0.05, 0) is 54.4 Å². The van der Waals surface area contributed by atoms with Gasteiger partial charge in [0.2, 0.25) is 0 Å². The SMILES string of the molecule is O=C(Nc1nc2ccc3ocnc3c2s1)c1cc2ccccc2cc1OCCCCN1CCOCC1. The molecule has 0 spiro atoms. The number of hydrogen-bond donors (Lipinski definition) is 1. The zero-order valence-corrected chi connectivity index (χ0v) is 20.6. The highest BCUT2D eigenvalue weighted by atomic mass is 32.1. The Balaban J connectivity index is 1.19. The van der Waals surface area contributed by atoms with Crippen molar-refractivity contribution in [3.05, 3.63) is 60.5 Å². The van der Waals surface area contributed by atoms with Gasteiger partial charge in [0, 0.05) is 13.1 Å². The fraction of sp³-hybridized carbons (Fsp3) is 0.296. The minimum atomic E-state index is -0.250. The molecule has 0 aliphatic carbocycles. The Labute approximate surface area is 211 Å². The minimum Gasteiger partial charge on any atom is -0.493 e. The number of unbranched alkanes of at least 4 members (excludes halogenated alkanes) is 1. The Morgan fingerprint density at radius 1 is 1.08 bits per heavy atom. The third kappa shape index (κ3) is 4.77. The molecule has 3 heterocycles. The van der Waals surface area contributed by atoms with Crippen LogP contribution in [0, 0.1) is 0 Å². The summed E-state index contributed by atoms with van der Waals surface area (Å²) in [7, 11) is 0. The number of fused-ring (bicyclic) bond motifs is 4. The molecule has 184 valence electrons. The van der Waals surface area contributed by atoms with Gasteiger partial charge < -0.3 is 13.9 Å². The number of carbonyl (C=O) groups is 1. The van der Waals surface area contributed by atoms with Crippen molar-refractivity contribution < 1.29 is 18.7 Å². The summed E-state index contributed by atoms with van der Waals surface area (Å²) in [5.41, 5.74) is 2.71. The quantitative estimate of drug-likeness (QED) is 0.287. The number of aromatic nitrogens is 2. The fourth-order valence-corrected chi connectivity index (χ4v) is 5.44. The molecule has 1 amide bonds. The van der Waals surface area contributed by atoms with Gasteiger partial charge in [0.15, 0.2) is 17.1 Å². The van der Waals surface area contributed by atoms with E-state index >= 15 is 0 Å². The van der Waals surface area contributed by atoms with Crippen LogP contribution in [-0.2, 0) is 4.74 Å². The molecule has 0 saturated carbocycles. The maximum atomic E-state index is 13.4. The van der Waals surface area contributed by atoms with Crippen LogP contribution >= 0.6 is 11.3 Å². The second kappa shape index (κ2) is 10.2. The molecular formula is C27H26N4O4S. The third-order valence-electron chi connectivity index (χ3n) is 6.40. The van der Waals surface area contributed by atoms with Gasteiger partial charge in [-0.2, -0.15) is 0 Å². The van der Waals surface area contributed by atoms with Gasteiger partial charge in [-0.1, -0.05) is 35.6 Å². The van der Waals surface area contributed by atoms with E-state index in [9.17, 15) is 4.79 Å². The molecule has 1 aliphatic rings. The summed E-state index contributed by atoms with van der Waals surface area (Å²) in [6.45, 7) is 5.18. The standard InChI is InChI=1S/C27H26N4O4S/c32-26(30-27-29-21-7-8-22-24(25(21)36-27)28-17-35-22)20-15-18-5-1-2-6-19(18)16-23(20)34-12-4-3-9-31-10-13-33-14-11-31/h1-2,5-8,15-17H,3-4,9-14H2,(H,29,30,32). The number of rotatable bonds is 8. The number of amides is 1. The molecule has 6 rings (SSSR count). The normalized spacial score (nSPS) is 14.6. The van der Waals surface area contributed by atoms with Crippen molar-refractivity contribution in [2.75, 3.05) is 44.8 Å². The number of anilines is 1. The van der Waals surface area contributed by atoms with Gasteiger partial charge in [0.05, 0.1) is 35.6 Å². The van der Waals surface area contributed by atoms with Crippen LogP contribution in [0.2, 0.25) is 0 Å². The Bertz CT molecular complexity index is 1520. The van der Waals surface area contributed by atoms with E-state index in [0.29, 0.717) is 28.6 Å². The van der Waals surface area contributed by atoms with Gasteiger partial charge in [0.25, 0.3) is 5.91 Å². The summed E-state index contributed by atoms with van der Waals surface area (Å²) in [5, 5.41) is 5.49. The highest BCUT2D eigenvalue weighted by molar-refractivity contribution is 7.23. The van der Waals surface area contributed by atoms with E-state index in [1.165, 1.54) is 17.7 Å². The number of nitrogens with zero attached hydrogens (tertiary/aromatic N) is 3. The lowest BCUT2D eigenvalue weighted by atomic mass is 10.1. The first-order chi connectivity index (χ1) is 17.7.